The Bertz CT molecular complexity index is 1180. The molecule has 3 nitrogen and oxygen atoms in total. The lowest BCUT2D eigenvalue weighted by Gasteiger charge is -2.09. The highest BCUT2D eigenvalue weighted by Gasteiger charge is 2.17. The first-order valence-corrected chi connectivity index (χ1v) is 11.2. The lowest BCUT2D eigenvalue weighted by Crippen LogP contribution is -2.11. The molecule has 147 valence electrons. The van der Waals surface area contributed by atoms with Crippen LogP contribution in [0.2, 0.25) is 0 Å². The van der Waals surface area contributed by atoms with Gasteiger partial charge >= 0.3 is 0 Å². The second-order valence-corrected chi connectivity index (χ2v) is 8.75. The summed E-state index contributed by atoms with van der Waals surface area (Å²) >= 11 is 2.32. The fourth-order valence-corrected chi connectivity index (χ4v) is 4.33. The fraction of sp³-hybridized carbons (Fsp3) is 0.240. The molecule has 0 aliphatic rings. The quantitative estimate of drug-likeness (QED) is 0.245. The maximum atomic E-state index is 12.1. The van der Waals surface area contributed by atoms with E-state index in [1.165, 1.54) is 34.0 Å². The number of carbonyl (C=O) groups excluding carboxylic acids is 1. The van der Waals surface area contributed by atoms with E-state index in [0.717, 1.165) is 34.8 Å². The summed E-state index contributed by atoms with van der Waals surface area (Å²) in [6, 6.07) is 22.2. The number of hydrogen-bond acceptors (Lipinski definition) is 1. The van der Waals surface area contributed by atoms with Crippen LogP contribution >= 0.6 is 22.6 Å². The van der Waals surface area contributed by atoms with Gasteiger partial charge in [0.15, 0.2) is 0 Å². The van der Waals surface area contributed by atoms with Crippen molar-refractivity contribution in [3.8, 4) is 0 Å². The lowest BCUT2D eigenvalue weighted by atomic mass is 10.0. The Morgan fingerprint density at radius 3 is 2.59 bits per heavy atom. The van der Waals surface area contributed by atoms with Gasteiger partial charge in [0.25, 0.3) is 0 Å². The van der Waals surface area contributed by atoms with Gasteiger partial charge in [0.05, 0.1) is 11.0 Å². The number of hydrogen-bond donors (Lipinski definition) is 1. The summed E-state index contributed by atoms with van der Waals surface area (Å²) in [5, 5.41) is 1.87. The summed E-state index contributed by atoms with van der Waals surface area (Å²) in [4.78, 5) is 12.1. The number of amides is 1. The van der Waals surface area contributed by atoms with Crippen molar-refractivity contribution in [3.05, 3.63) is 80.9 Å². The molecule has 29 heavy (non-hydrogen) atoms. The Balaban J connectivity index is 1.91. The van der Waals surface area contributed by atoms with Crippen LogP contribution in [0, 0.1) is 9.64 Å². The number of unbranched alkanes of at least 4 members (excludes halogenated alkanes) is 2. The largest absolute Gasteiger partial charge is 0.366 e. The van der Waals surface area contributed by atoms with Gasteiger partial charge in [0, 0.05) is 26.5 Å². The zero-order valence-electron chi connectivity index (χ0n) is 16.5. The molecule has 4 rings (SSSR count). The van der Waals surface area contributed by atoms with Gasteiger partial charge in [0.1, 0.15) is 0 Å². The molecular weight excluding hydrogens is 471 g/mol. The Labute approximate surface area is 185 Å². The van der Waals surface area contributed by atoms with Gasteiger partial charge in [-0.1, -0.05) is 44.0 Å². The van der Waals surface area contributed by atoms with Gasteiger partial charge in [-0.05, 0) is 83.0 Å². The van der Waals surface area contributed by atoms with Crippen molar-refractivity contribution < 1.29 is 4.79 Å². The number of nitrogens with zero attached hydrogens (tertiary/aromatic N) is 1. The van der Waals surface area contributed by atoms with Crippen molar-refractivity contribution in [3.63, 3.8) is 0 Å². The maximum Gasteiger partial charge on any atom is 0.249 e. The Kier molecular flexibility index (Phi) is 5.90. The van der Waals surface area contributed by atoms with Gasteiger partial charge in [0.2, 0.25) is 5.91 Å². The number of nitrogens with two attached hydrogens (primary N) is 1. The summed E-state index contributed by atoms with van der Waals surface area (Å²) in [6.45, 7) is 2.96. The van der Waals surface area contributed by atoms with Crippen molar-refractivity contribution in [2.75, 3.05) is 0 Å². The molecule has 1 heterocycles. The average Bonchev–Trinajstić information content (AvgIpc) is 3.03. The first kappa shape index (κ1) is 20.0. The van der Waals surface area contributed by atoms with Crippen LogP contribution in [0.5, 0.6) is 0 Å². The van der Waals surface area contributed by atoms with E-state index < -0.39 is 5.91 Å². The third kappa shape index (κ3) is 4.04. The first-order valence-electron chi connectivity index (χ1n) is 10.1. The predicted octanol–water partition coefficient (Wildman–Crippen LogP) is 6.08. The molecule has 0 aliphatic heterocycles. The van der Waals surface area contributed by atoms with Gasteiger partial charge in [-0.25, -0.2) is 0 Å². The number of fused-ring (bicyclic) bond motifs is 3. The molecule has 0 saturated carbocycles. The zero-order valence-corrected chi connectivity index (χ0v) is 18.7. The molecule has 1 radical (unpaired) electrons. The molecule has 0 atom stereocenters. The topological polar surface area (TPSA) is 48.0 Å². The van der Waals surface area contributed by atoms with E-state index in [9.17, 15) is 4.79 Å². The third-order valence-corrected chi connectivity index (χ3v) is 6.16. The number of carbonyl (C=O) groups is 1. The Morgan fingerprint density at radius 2 is 1.86 bits per heavy atom. The van der Waals surface area contributed by atoms with Crippen LogP contribution in [0.25, 0.3) is 21.8 Å². The molecule has 0 spiro atoms. The molecule has 4 heteroatoms. The summed E-state index contributed by atoms with van der Waals surface area (Å²) in [7, 11) is 0. The Hall–Kier alpha value is -2.34. The summed E-state index contributed by atoms with van der Waals surface area (Å²) in [6.07, 6.45) is 4.67. The van der Waals surface area contributed by atoms with E-state index in [1.807, 2.05) is 12.1 Å². The summed E-state index contributed by atoms with van der Waals surface area (Å²) < 4.78 is 3.51. The smallest absolute Gasteiger partial charge is 0.249 e. The first-order chi connectivity index (χ1) is 14.1. The maximum absolute atomic E-state index is 12.1. The highest BCUT2D eigenvalue weighted by molar-refractivity contribution is 14.1. The minimum atomic E-state index is -0.399. The predicted molar refractivity (Wildman–Crippen MR) is 128 cm³/mol. The number of aryl methyl sites for hydroxylation is 1. The number of rotatable bonds is 7. The second-order valence-electron chi connectivity index (χ2n) is 7.50. The van der Waals surface area contributed by atoms with E-state index in [2.05, 4.69) is 82.6 Å². The van der Waals surface area contributed by atoms with Gasteiger partial charge < -0.3 is 10.3 Å². The SMILES string of the molecule is CCCCCc1c[c]c2c3c(C(N)=O)cccc3n(Cc3ccc(I)cc3)c2c1. The van der Waals surface area contributed by atoms with E-state index >= 15 is 0 Å². The molecule has 0 unspecified atom stereocenters. The minimum absolute atomic E-state index is 0.399. The van der Waals surface area contributed by atoms with Gasteiger partial charge in [-0.15, -0.1) is 0 Å². The molecular formula is C25H24IN2O. The summed E-state index contributed by atoms with van der Waals surface area (Å²) in [5.74, 6) is -0.399. The highest BCUT2D eigenvalue weighted by Crippen LogP contribution is 2.33. The number of aromatic nitrogens is 1. The van der Waals surface area contributed by atoms with Crippen LogP contribution in [-0.2, 0) is 13.0 Å². The van der Waals surface area contributed by atoms with Crippen molar-refractivity contribution in [1.82, 2.24) is 4.57 Å². The number of benzene rings is 3. The van der Waals surface area contributed by atoms with E-state index in [0.29, 0.717) is 5.56 Å². The zero-order chi connectivity index (χ0) is 20.4. The normalized spacial score (nSPS) is 11.4. The molecule has 1 aromatic heterocycles. The van der Waals surface area contributed by atoms with Crippen molar-refractivity contribution in [2.24, 2.45) is 5.73 Å². The lowest BCUT2D eigenvalue weighted by molar-refractivity contribution is 0.100. The van der Waals surface area contributed by atoms with Crippen LogP contribution in [0.3, 0.4) is 0 Å². The molecule has 2 N–H and O–H groups in total. The van der Waals surface area contributed by atoms with Crippen molar-refractivity contribution >= 4 is 50.3 Å². The molecule has 3 aromatic carbocycles. The van der Waals surface area contributed by atoms with Gasteiger partial charge in [-0.2, -0.15) is 0 Å². The average molecular weight is 495 g/mol. The van der Waals surface area contributed by atoms with Crippen LogP contribution in [0.4, 0.5) is 0 Å². The minimum Gasteiger partial charge on any atom is -0.366 e. The van der Waals surface area contributed by atoms with Crippen LogP contribution in [0.15, 0.2) is 54.6 Å². The van der Waals surface area contributed by atoms with Crippen LogP contribution in [0.1, 0.15) is 47.7 Å². The fourth-order valence-electron chi connectivity index (χ4n) is 3.97. The third-order valence-electron chi connectivity index (χ3n) is 5.44. The molecule has 0 fully saturated rings. The molecule has 0 aliphatic carbocycles. The van der Waals surface area contributed by atoms with Crippen LogP contribution < -0.4 is 5.73 Å². The molecule has 0 bridgehead atoms. The van der Waals surface area contributed by atoms with Crippen LogP contribution in [-0.4, -0.2) is 10.5 Å². The second kappa shape index (κ2) is 8.57. The summed E-state index contributed by atoms with van der Waals surface area (Å²) in [5.41, 5.74) is 10.9. The molecule has 0 saturated heterocycles. The van der Waals surface area contributed by atoms with Gasteiger partial charge in [-0.3, -0.25) is 4.79 Å². The highest BCUT2D eigenvalue weighted by atomic mass is 127. The number of halogens is 1. The number of primary amides is 1. The standard InChI is InChI=1S/C25H24IN2O/c1-2-3-4-6-17-11-14-20-23(15-17)28(16-18-9-12-19(26)13-10-18)22-8-5-7-21(24(20)22)25(27)29/h5,7-13,15H,2-4,6,16H2,1H3,(H2,27,29). The van der Waals surface area contributed by atoms with E-state index in [1.54, 1.807) is 0 Å². The van der Waals surface area contributed by atoms with E-state index in [4.69, 9.17) is 5.73 Å². The molecule has 4 aromatic rings. The Morgan fingerprint density at radius 1 is 1.07 bits per heavy atom. The van der Waals surface area contributed by atoms with E-state index in [-0.39, 0.29) is 0 Å². The van der Waals surface area contributed by atoms with Crippen molar-refractivity contribution in [1.29, 1.82) is 0 Å². The molecule has 1 amide bonds. The monoisotopic (exact) mass is 495 g/mol. The van der Waals surface area contributed by atoms with Crippen molar-refractivity contribution in [2.45, 2.75) is 39.2 Å².